The van der Waals surface area contributed by atoms with E-state index in [1.165, 1.54) is 17.7 Å². The van der Waals surface area contributed by atoms with Gasteiger partial charge in [0.2, 0.25) is 0 Å². The number of sulfonamides is 1. The Bertz CT molecular complexity index is 1080. The highest BCUT2D eigenvalue weighted by molar-refractivity contribution is 7.92. The average Bonchev–Trinajstić information content (AvgIpc) is 2.70. The Hall–Kier alpha value is -3.12. The largest absolute Gasteiger partial charge is 0.322 e. The van der Waals surface area contributed by atoms with Crippen LogP contribution in [0.1, 0.15) is 28.4 Å². The van der Waals surface area contributed by atoms with E-state index in [1.54, 1.807) is 43.3 Å². The number of carbonyl (C=O) groups excluding carboxylic acids is 1. The molecule has 0 saturated heterocycles. The molecule has 0 aliphatic carbocycles. The van der Waals surface area contributed by atoms with Crippen molar-refractivity contribution < 1.29 is 13.2 Å². The fourth-order valence-corrected chi connectivity index (χ4v) is 3.85. The molecule has 0 saturated carbocycles. The summed E-state index contributed by atoms with van der Waals surface area (Å²) in [6, 6.07) is 20.7. The van der Waals surface area contributed by atoms with Gasteiger partial charge in [-0.15, -0.1) is 0 Å². The van der Waals surface area contributed by atoms with Crippen molar-refractivity contribution in [3.63, 3.8) is 0 Å². The van der Waals surface area contributed by atoms with Crippen LogP contribution in [0.3, 0.4) is 0 Å². The maximum Gasteiger partial charge on any atom is 0.261 e. The zero-order valence-electron chi connectivity index (χ0n) is 15.8. The first-order valence-corrected chi connectivity index (χ1v) is 10.5. The average molecular weight is 394 g/mol. The first-order chi connectivity index (χ1) is 13.4. The van der Waals surface area contributed by atoms with Crippen LogP contribution in [0, 0.1) is 6.92 Å². The number of carbonyl (C=O) groups is 1. The molecule has 0 fully saturated rings. The van der Waals surface area contributed by atoms with Crippen molar-refractivity contribution in [2.24, 2.45) is 0 Å². The van der Waals surface area contributed by atoms with E-state index >= 15 is 0 Å². The Labute approximate surface area is 165 Å². The highest BCUT2D eigenvalue weighted by atomic mass is 32.2. The van der Waals surface area contributed by atoms with Gasteiger partial charge in [-0.1, -0.05) is 43.3 Å². The molecular formula is C22H22N2O3S. The van der Waals surface area contributed by atoms with E-state index in [2.05, 4.69) is 17.0 Å². The number of hydrogen-bond acceptors (Lipinski definition) is 3. The summed E-state index contributed by atoms with van der Waals surface area (Å²) in [6.07, 6.45) is 0.928. The molecule has 0 heterocycles. The van der Waals surface area contributed by atoms with Crippen molar-refractivity contribution in [2.45, 2.75) is 25.2 Å². The Kier molecular flexibility index (Phi) is 5.80. The lowest BCUT2D eigenvalue weighted by Crippen LogP contribution is -2.16. The maximum atomic E-state index is 12.6. The molecule has 5 nitrogen and oxygen atoms in total. The highest BCUT2D eigenvalue weighted by Crippen LogP contribution is 2.22. The second-order valence-corrected chi connectivity index (χ2v) is 8.14. The van der Waals surface area contributed by atoms with E-state index in [0.29, 0.717) is 16.9 Å². The van der Waals surface area contributed by atoms with Crippen molar-refractivity contribution in [1.29, 1.82) is 0 Å². The topological polar surface area (TPSA) is 75.3 Å². The van der Waals surface area contributed by atoms with Crippen LogP contribution in [0.2, 0.25) is 0 Å². The van der Waals surface area contributed by atoms with E-state index in [1.807, 2.05) is 24.3 Å². The molecule has 3 aromatic rings. The summed E-state index contributed by atoms with van der Waals surface area (Å²) in [7, 11) is -3.73. The normalized spacial score (nSPS) is 11.1. The minimum atomic E-state index is -3.73. The second-order valence-electron chi connectivity index (χ2n) is 6.45. The van der Waals surface area contributed by atoms with Crippen molar-refractivity contribution in [3.05, 3.63) is 89.5 Å². The summed E-state index contributed by atoms with van der Waals surface area (Å²) in [5.74, 6) is -0.301. The number of aryl methyl sites for hydroxylation is 2. The number of rotatable bonds is 6. The predicted octanol–water partition coefficient (Wildman–Crippen LogP) is 4.61. The second kappa shape index (κ2) is 8.27. The standard InChI is InChI=1S/C22H22N2O3S/c1-3-17-10-13-19(14-11-17)23-22(25)18-12-9-16(2)21(15-18)24-28(26,27)20-7-5-4-6-8-20/h4-15,24H,3H2,1-2H3,(H,23,25). The summed E-state index contributed by atoms with van der Waals surface area (Å²) in [6.45, 7) is 3.85. The van der Waals surface area contributed by atoms with Crippen molar-refractivity contribution in [2.75, 3.05) is 10.0 Å². The van der Waals surface area contributed by atoms with Crippen LogP contribution in [0.5, 0.6) is 0 Å². The van der Waals surface area contributed by atoms with Gasteiger partial charge in [-0.25, -0.2) is 8.42 Å². The fraction of sp³-hybridized carbons (Fsp3) is 0.136. The zero-order chi connectivity index (χ0) is 20.1. The van der Waals surface area contributed by atoms with Gasteiger partial charge in [0, 0.05) is 11.3 Å². The van der Waals surface area contributed by atoms with Gasteiger partial charge in [0.15, 0.2) is 0 Å². The zero-order valence-corrected chi connectivity index (χ0v) is 16.6. The van der Waals surface area contributed by atoms with Gasteiger partial charge >= 0.3 is 0 Å². The first kappa shape index (κ1) is 19.6. The molecule has 0 bridgehead atoms. The quantitative estimate of drug-likeness (QED) is 0.641. The molecule has 0 atom stereocenters. The van der Waals surface area contributed by atoms with Crippen LogP contribution in [-0.4, -0.2) is 14.3 Å². The lowest BCUT2D eigenvalue weighted by molar-refractivity contribution is 0.102. The lowest BCUT2D eigenvalue weighted by Gasteiger charge is -2.13. The lowest BCUT2D eigenvalue weighted by atomic mass is 10.1. The van der Waals surface area contributed by atoms with E-state index in [9.17, 15) is 13.2 Å². The van der Waals surface area contributed by atoms with Crippen LogP contribution < -0.4 is 10.0 Å². The van der Waals surface area contributed by atoms with Gasteiger partial charge < -0.3 is 5.32 Å². The van der Waals surface area contributed by atoms with Gasteiger partial charge in [-0.3, -0.25) is 9.52 Å². The summed E-state index contributed by atoms with van der Waals surface area (Å²) in [5, 5.41) is 2.83. The Morgan fingerprint density at radius 2 is 1.61 bits per heavy atom. The maximum absolute atomic E-state index is 12.6. The third kappa shape index (κ3) is 4.58. The predicted molar refractivity (Wildman–Crippen MR) is 112 cm³/mol. The number of anilines is 2. The van der Waals surface area contributed by atoms with E-state index in [-0.39, 0.29) is 10.8 Å². The number of nitrogens with one attached hydrogen (secondary N) is 2. The van der Waals surface area contributed by atoms with Crippen LogP contribution in [-0.2, 0) is 16.4 Å². The van der Waals surface area contributed by atoms with Gasteiger partial charge in [0.25, 0.3) is 15.9 Å². The molecule has 0 unspecified atom stereocenters. The van der Waals surface area contributed by atoms with Crippen LogP contribution in [0.4, 0.5) is 11.4 Å². The minimum absolute atomic E-state index is 0.167. The number of hydrogen-bond donors (Lipinski definition) is 2. The molecule has 144 valence electrons. The first-order valence-electron chi connectivity index (χ1n) is 8.98. The molecule has 0 spiro atoms. The molecule has 28 heavy (non-hydrogen) atoms. The highest BCUT2D eigenvalue weighted by Gasteiger charge is 2.16. The Morgan fingerprint density at radius 1 is 0.929 bits per heavy atom. The summed E-state index contributed by atoms with van der Waals surface area (Å²) in [4.78, 5) is 12.7. The molecular weight excluding hydrogens is 372 g/mol. The molecule has 3 rings (SSSR count). The van der Waals surface area contributed by atoms with Gasteiger partial charge in [-0.2, -0.15) is 0 Å². The van der Waals surface area contributed by atoms with Crippen LogP contribution in [0.25, 0.3) is 0 Å². The molecule has 3 aromatic carbocycles. The molecule has 0 aliphatic rings. The minimum Gasteiger partial charge on any atom is -0.322 e. The van der Waals surface area contributed by atoms with Crippen molar-refractivity contribution in [3.8, 4) is 0 Å². The third-order valence-corrected chi connectivity index (χ3v) is 5.80. The number of amides is 1. The summed E-state index contributed by atoms with van der Waals surface area (Å²) in [5.41, 5.74) is 3.34. The Morgan fingerprint density at radius 3 is 2.25 bits per heavy atom. The molecule has 0 radical (unpaired) electrons. The fourth-order valence-electron chi connectivity index (χ4n) is 2.70. The third-order valence-electron chi connectivity index (χ3n) is 4.42. The van der Waals surface area contributed by atoms with Crippen molar-refractivity contribution >= 4 is 27.3 Å². The molecule has 2 N–H and O–H groups in total. The van der Waals surface area contributed by atoms with Crippen LogP contribution >= 0.6 is 0 Å². The van der Waals surface area contributed by atoms with Gasteiger partial charge in [-0.05, 0) is 60.9 Å². The van der Waals surface area contributed by atoms with E-state index in [0.717, 1.165) is 12.0 Å². The summed E-state index contributed by atoms with van der Waals surface area (Å²) < 4.78 is 27.7. The Balaban J connectivity index is 1.81. The van der Waals surface area contributed by atoms with Crippen LogP contribution in [0.15, 0.2) is 77.7 Å². The number of benzene rings is 3. The smallest absolute Gasteiger partial charge is 0.261 e. The van der Waals surface area contributed by atoms with Crippen molar-refractivity contribution in [1.82, 2.24) is 0 Å². The SMILES string of the molecule is CCc1ccc(NC(=O)c2ccc(C)c(NS(=O)(=O)c3ccccc3)c2)cc1. The van der Waals surface area contributed by atoms with E-state index < -0.39 is 10.0 Å². The summed E-state index contributed by atoms with van der Waals surface area (Å²) >= 11 is 0. The molecule has 0 aliphatic heterocycles. The molecule has 6 heteroatoms. The molecule has 1 amide bonds. The van der Waals surface area contributed by atoms with Gasteiger partial charge in [0.1, 0.15) is 0 Å². The molecule has 0 aromatic heterocycles. The van der Waals surface area contributed by atoms with E-state index in [4.69, 9.17) is 0 Å². The van der Waals surface area contributed by atoms with Gasteiger partial charge in [0.05, 0.1) is 10.6 Å². The monoisotopic (exact) mass is 394 g/mol.